The number of esters is 1. The van der Waals surface area contributed by atoms with Crippen LogP contribution in [0.5, 0.6) is 5.75 Å². The van der Waals surface area contributed by atoms with Gasteiger partial charge in [0.15, 0.2) is 0 Å². The predicted molar refractivity (Wildman–Crippen MR) is 132 cm³/mol. The van der Waals surface area contributed by atoms with Crippen molar-refractivity contribution in [2.24, 2.45) is 0 Å². The van der Waals surface area contributed by atoms with Crippen molar-refractivity contribution >= 4 is 23.0 Å². The maximum Gasteiger partial charge on any atom is 0.310 e. The summed E-state index contributed by atoms with van der Waals surface area (Å²) in [5.74, 6) is 0.329. The van der Waals surface area contributed by atoms with E-state index < -0.39 is 0 Å². The molecule has 4 rings (SSSR count). The fourth-order valence-corrected chi connectivity index (χ4v) is 3.63. The zero-order valence-electron chi connectivity index (χ0n) is 18.7. The van der Waals surface area contributed by atoms with E-state index in [9.17, 15) is 4.79 Å². The molecule has 0 saturated carbocycles. The number of ether oxygens (including phenoxy) is 1. The molecule has 4 aromatic rings. The van der Waals surface area contributed by atoms with Crippen LogP contribution in [0.25, 0.3) is 11.1 Å². The van der Waals surface area contributed by atoms with Gasteiger partial charge in [0.2, 0.25) is 0 Å². The van der Waals surface area contributed by atoms with Gasteiger partial charge in [-0.3, -0.25) is 4.79 Å². The minimum Gasteiger partial charge on any atom is -0.427 e. The van der Waals surface area contributed by atoms with E-state index in [1.807, 2.05) is 30.3 Å². The molecule has 160 valence electrons. The Bertz CT molecular complexity index is 1150. The lowest BCUT2D eigenvalue weighted by atomic mass is 10.0. The standard InChI is InChI=1S/C29H27NO2/c1-4-29(31)32-26-19-13-23(14-20-26)27-7-5-6-8-28(27)30(24-15-9-21(2)10-16-24)25-17-11-22(3)12-18-25/h5-20H,4H2,1-3H3. The molecule has 0 aromatic heterocycles. The summed E-state index contributed by atoms with van der Waals surface area (Å²) in [7, 11) is 0. The van der Waals surface area contributed by atoms with Crippen LogP contribution in [-0.4, -0.2) is 5.97 Å². The van der Waals surface area contributed by atoms with E-state index in [1.54, 1.807) is 6.92 Å². The fraction of sp³-hybridized carbons (Fsp3) is 0.138. The molecule has 0 aliphatic rings. The summed E-state index contributed by atoms with van der Waals surface area (Å²) in [6.07, 6.45) is 0.354. The Morgan fingerprint density at radius 2 is 1.25 bits per heavy atom. The molecule has 0 fully saturated rings. The molecule has 32 heavy (non-hydrogen) atoms. The van der Waals surface area contributed by atoms with Crippen LogP contribution in [0.4, 0.5) is 17.1 Å². The van der Waals surface area contributed by atoms with Crippen molar-refractivity contribution in [3.05, 3.63) is 108 Å². The van der Waals surface area contributed by atoms with Crippen LogP contribution in [0.15, 0.2) is 97.1 Å². The molecule has 0 unspecified atom stereocenters. The maximum absolute atomic E-state index is 11.6. The van der Waals surface area contributed by atoms with Crippen molar-refractivity contribution < 1.29 is 9.53 Å². The Labute approximate surface area is 189 Å². The van der Waals surface area contributed by atoms with Crippen LogP contribution < -0.4 is 9.64 Å². The third kappa shape index (κ3) is 4.73. The minimum atomic E-state index is -0.233. The molecular weight excluding hydrogens is 394 g/mol. The summed E-state index contributed by atoms with van der Waals surface area (Å²) in [5.41, 5.74) is 7.88. The Morgan fingerprint density at radius 3 is 1.78 bits per heavy atom. The van der Waals surface area contributed by atoms with Gasteiger partial charge in [-0.1, -0.05) is 72.6 Å². The highest BCUT2D eigenvalue weighted by atomic mass is 16.5. The molecule has 0 aliphatic carbocycles. The van der Waals surface area contributed by atoms with E-state index >= 15 is 0 Å². The average Bonchev–Trinajstić information content (AvgIpc) is 2.82. The fourth-order valence-electron chi connectivity index (χ4n) is 3.63. The second-order valence-electron chi connectivity index (χ2n) is 7.88. The van der Waals surface area contributed by atoms with E-state index in [1.165, 1.54) is 11.1 Å². The lowest BCUT2D eigenvalue weighted by Crippen LogP contribution is -2.11. The van der Waals surface area contributed by atoms with Crippen molar-refractivity contribution in [2.75, 3.05) is 4.90 Å². The molecule has 0 bridgehead atoms. The molecule has 3 nitrogen and oxygen atoms in total. The van der Waals surface area contributed by atoms with Gasteiger partial charge >= 0.3 is 5.97 Å². The van der Waals surface area contributed by atoms with Crippen LogP contribution >= 0.6 is 0 Å². The van der Waals surface area contributed by atoms with Gasteiger partial charge in [0.1, 0.15) is 5.75 Å². The van der Waals surface area contributed by atoms with Gasteiger partial charge in [-0.05, 0) is 61.9 Å². The lowest BCUT2D eigenvalue weighted by molar-refractivity contribution is -0.134. The summed E-state index contributed by atoms with van der Waals surface area (Å²) in [5, 5.41) is 0. The van der Waals surface area contributed by atoms with E-state index in [0.717, 1.165) is 28.2 Å². The molecule has 0 spiro atoms. The summed E-state index contributed by atoms with van der Waals surface area (Å²) in [6.45, 7) is 5.99. The number of rotatable bonds is 6. The van der Waals surface area contributed by atoms with Crippen LogP contribution in [-0.2, 0) is 4.79 Å². The predicted octanol–water partition coefficient (Wildman–Crippen LogP) is 7.76. The van der Waals surface area contributed by atoms with Gasteiger partial charge in [0.05, 0.1) is 5.69 Å². The van der Waals surface area contributed by atoms with Gasteiger partial charge < -0.3 is 9.64 Å². The Kier molecular flexibility index (Phi) is 6.37. The number of carbonyl (C=O) groups excluding carboxylic acids is 1. The molecule has 0 amide bonds. The second kappa shape index (κ2) is 9.52. The highest BCUT2D eigenvalue weighted by molar-refractivity contribution is 5.88. The first-order valence-corrected chi connectivity index (χ1v) is 10.9. The number of para-hydroxylation sites is 1. The molecule has 0 saturated heterocycles. The van der Waals surface area contributed by atoms with Gasteiger partial charge in [-0.25, -0.2) is 0 Å². The van der Waals surface area contributed by atoms with Gasteiger partial charge in [0, 0.05) is 23.4 Å². The SMILES string of the molecule is CCC(=O)Oc1ccc(-c2ccccc2N(c2ccc(C)cc2)c2ccc(C)cc2)cc1. The average molecular weight is 422 g/mol. The molecule has 0 heterocycles. The van der Waals surface area contributed by atoms with Crippen LogP contribution in [0.1, 0.15) is 24.5 Å². The van der Waals surface area contributed by atoms with Crippen molar-refractivity contribution in [3.8, 4) is 16.9 Å². The molecular formula is C29H27NO2. The molecule has 4 aromatic carbocycles. The van der Waals surface area contributed by atoms with Crippen molar-refractivity contribution in [1.82, 2.24) is 0 Å². The number of nitrogens with zero attached hydrogens (tertiary/aromatic N) is 1. The topological polar surface area (TPSA) is 29.5 Å². The van der Waals surface area contributed by atoms with E-state index in [0.29, 0.717) is 12.2 Å². The molecule has 0 aliphatic heterocycles. The zero-order valence-corrected chi connectivity index (χ0v) is 18.7. The second-order valence-corrected chi connectivity index (χ2v) is 7.88. The summed E-state index contributed by atoms with van der Waals surface area (Å²) >= 11 is 0. The summed E-state index contributed by atoms with van der Waals surface area (Å²) < 4.78 is 5.34. The highest BCUT2D eigenvalue weighted by Crippen LogP contribution is 2.40. The van der Waals surface area contributed by atoms with Crippen molar-refractivity contribution in [1.29, 1.82) is 0 Å². The third-order valence-electron chi connectivity index (χ3n) is 5.41. The Hall–Kier alpha value is -3.85. The zero-order chi connectivity index (χ0) is 22.5. The van der Waals surface area contributed by atoms with Crippen LogP contribution in [0, 0.1) is 13.8 Å². The number of hydrogen-bond acceptors (Lipinski definition) is 3. The number of hydrogen-bond donors (Lipinski definition) is 0. The lowest BCUT2D eigenvalue weighted by Gasteiger charge is -2.28. The number of benzene rings is 4. The third-order valence-corrected chi connectivity index (χ3v) is 5.41. The summed E-state index contributed by atoms with van der Waals surface area (Å²) in [4.78, 5) is 13.9. The first-order valence-electron chi connectivity index (χ1n) is 10.9. The molecule has 0 N–H and O–H groups in total. The van der Waals surface area contributed by atoms with Gasteiger partial charge in [0.25, 0.3) is 0 Å². The highest BCUT2D eigenvalue weighted by Gasteiger charge is 2.17. The Balaban J connectivity index is 1.80. The molecule has 0 radical (unpaired) electrons. The number of carbonyl (C=O) groups is 1. The Morgan fingerprint density at radius 1 is 0.719 bits per heavy atom. The first kappa shape index (κ1) is 21.4. The maximum atomic E-state index is 11.6. The largest absolute Gasteiger partial charge is 0.427 e. The van der Waals surface area contributed by atoms with Gasteiger partial charge in [-0.2, -0.15) is 0 Å². The molecule has 0 atom stereocenters. The normalized spacial score (nSPS) is 10.6. The van der Waals surface area contributed by atoms with Crippen LogP contribution in [0.3, 0.4) is 0 Å². The van der Waals surface area contributed by atoms with E-state index in [-0.39, 0.29) is 5.97 Å². The van der Waals surface area contributed by atoms with Crippen molar-refractivity contribution in [3.63, 3.8) is 0 Å². The smallest absolute Gasteiger partial charge is 0.310 e. The monoisotopic (exact) mass is 421 g/mol. The minimum absolute atomic E-state index is 0.233. The number of anilines is 3. The van der Waals surface area contributed by atoms with Crippen LogP contribution in [0.2, 0.25) is 0 Å². The quantitative estimate of drug-likeness (QED) is 0.235. The first-order chi connectivity index (χ1) is 15.5. The summed E-state index contributed by atoms with van der Waals surface area (Å²) in [6, 6.07) is 33.2. The van der Waals surface area contributed by atoms with Crippen molar-refractivity contribution in [2.45, 2.75) is 27.2 Å². The van der Waals surface area contributed by atoms with E-state index in [2.05, 4.69) is 85.5 Å². The van der Waals surface area contributed by atoms with E-state index in [4.69, 9.17) is 4.74 Å². The number of aryl methyl sites for hydroxylation is 2. The van der Waals surface area contributed by atoms with Gasteiger partial charge in [-0.15, -0.1) is 0 Å². The molecule has 3 heteroatoms.